The van der Waals surface area contributed by atoms with Gasteiger partial charge in [-0.3, -0.25) is 0 Å². The SMILES string of the molecule is CC=C(CCCC(C)(C)CCC)CC(C)CC. The highest BCUT2D eigenvalue weighted by molar-refractivity contribution is 5.01. The highest BCUT2D eigenvalue weighted by Gasteiger charge is 2.16. The minimum Gasteiger partial charge on any atom is -0.0884 e. The number of hydrogen-bond acceptors (Lipinski definition) is 0. The van der Waals surface area contributed by atoms with E-state index in [1.807, 2.05) is 0 Å². The van der Waals surface area contributed by atoms with Crippen molar-refractivity contribution >= 4 is 0 Å². The van der Waals surface area contributed by atoms with E-state index in [-0.39, 0.29) is 0 Å². The molecular formula is C17H34. The lowest BCUT2D eigenvalue weighted by atomic mass is 9.82. The minimum absolute atomic E-state index is 0.546. The van der Waals surface area contributed by atoms with Crippen molar-refractivity contribution < 1.29 is 0 Å². The molecule has 0 aliphatic carbocycles. The summed E-state index contributed by atoms with van der Waals surface area (Å²) in [6.45, 7) is 14.0. The van der Waals surface area contributed by atoms with Gasteiger partial charge in [0, 0.05) is 0 Å². The van der Waals surface area contributed by atoms with Crippen molar-refractivity contribution in [2.24, 2.45) is 11.3 Å². The number of hydrogen-bond donors (Lipinski definition) is 0. The van der Waals surface area contributed by atoms with Crippen LogP contribution in [0.2, 0.25) is 0 Å². The summed E-state index contributed by atoms with van der Waals surface area (Å²) >= 11 is 0. The average Bonchev–Trinajstić information content (AvgIpc) is 2.27. The molecule has 1 atom stereocenters. The van der Waals surface area contributed by atoms with Gasteiger partial charge in [-0.1, -0.05) is 59.1 Å². The topological polar surface area (TPSA) is 0 Å². The van der Waals surface area contributed by atoms with E-state index in [0.29, 0.717) is 5.41 Å². The van der Waals surface area contributed by atoms with Gasteiger partial charge in [-0.15, -0.1) is 0 Å². The predicted molar refractivity (Wildman–Crippen MR) is 80.4 cm³/mol. The van der Waals surface area contributed by atoms with Gasteiger partial charge in [-0.2, -0.15) is 0 Å². The smallest absolute Gasteiger partial charge is 0.0295 e. The van der Waals surface area contributed by atoms with Crippen LogP contribution in [0.25, 0.3) is 0 Å². The zero-order valence-corrected chi connectivity index (χ0v) is 13.1. The summed E-state index contributed by atoms with van der Waals surface area (Å²) in [5.74, 6) is 0.852. The lowest BCUT2D eigenvalue weighted by Crippen LogP contribution is -2.10. The highest BCUT2D eigenvalue weighted by atomic mass is 14.2. The van der Waals surface area contributed by atoms with Crippen molar-refractivity contribution in [3.05, 3.63) is 11.6 Å². The molecule has 0 spiro atoms. The lowest BCUT2D eigenvalue weighted by Gasteiger charge is -2.24. The third-order valence-corrected chi connectivity index (χ3v) is 3.99. The largest absolute Gasteiger partial charge is 0.0884 e. The van der Waals surface area contributed by atoms with Crippen LogP contribution in [0.4, 0.5) is 0 Å². The molecule has 1 unspecified atom stereocenters. The molecule has 0 heteroatoms. The van der Waals surface area contributed by atoms with Gasteiger partial charge in [-0.25, -0.2) is 0 Å². The fourth-order valence-electron chi connectivity index (χ4n) is 2.55. The van der Waals surface area contributed by atoms with Gasteiger partial charge in [-0.05, 0) is 50.4 Å². The molecule has 0 aromatic heterocycles. The van der Waals surface area contributed by atoms with E-state index < -0.39 is 0 Å². The molecule has 0 radical (unpaired) electrons. The second-order valence-corrected chi connectivity index (χ2v) is 6.43. The fourth-order valence-corrected chi connectivity index (χ4v) is 2.55. The fraction of sp³-hybridized carbons (Fsp3) is 0.882. The predicted octanol–water partition coefficient (Wildman–Crippen LogP) is 6.37. The quantitative estimate of drug-likeness (QED) is 0.410. The Morgan fingerprint density at radius 1 is 1.18 bits per heavy atom. The van der Waals surface area contributed by atoms with E-state index in [0.717, 1.165) is 5.92 Å². The molecule has 0 aromatic carbocycles. The summed E-state index contributed by atoms with van der Waals surface area (Å²) in [6.07, 6.45) is 11.7. The van der Waals surface area contributed by atoms with E-state index in [1.165, 1.54) is 44.9 Å². The Morgan fingerprint density at radius 2 is 1.82 bits per heavy atom. The molecule has 0 saturated heterocycles. The van der Waals surface area contributed by atoms with E-state index in [2.05, 4.69) is 47.6 Å². The van der Waals surface area contributed by atoms with Gasteiger partial charge in [0.15, 0.2) is 0 Å². The van der Waals surface area contributed by atoms with Gasteiger partial charge < -0.3 is 0 Å². The number of allylic oxidation sites excluding steroid dienone is 2. The first-order valence-electron chi connectivity index (χ1n) is 7.59. The Bertz CT molecular complexity index is 210. The van der Waals surface area contributed by atoms with Gasteiger partial charge in [0.2, 0.25) is 0 Å². The molecule has 0 nitrogen and oxygen atoms in total. The second kappa shape index (κ2) is 8.78. The van der Waals surface area contributed by atoms with Gasteiger partial charge >= 0.3 is 0 Å². The maximum atomic E-state index is 2.42. The molecule has 0 amide bonds. The molecule has 0 N–H and O–H groups in total. The third kappa shape index (κ3) is 8.46. The zero-order chi connectivity index (χ0) is 13.3. The molecular weight excluding hydrogens is 204 g/mol. The van der Waals surface area contributed by atoms with Crippen LogP contribution < -0.4 is 0 Å². The summed E-state index contributed by atoms with van der Waals surface area (Å²) in [7, 11) is 0. The highest BCUT2D eigenvalue weighted by Crippen LogP contribution is 2.30. The van der Waals surface area contributed by atoms with Crippen LogP contribution in [0.15, 0.2) is 11.6 Å². The molecule has 102 valence electrons. The summed E-state index contributed by atoms with van der Waals surface area (Å²) < 4.78 is 0. The van der Waals surface area contributed by atoms with Crippen LogP contribution in [0.1, 0.15) is 86.5 Å². The third-order valence-electron chi connectivity index (χ3n) is 3.99. The molecule has 0 fully saturated rings. The molecule has 0 rings (SSSR count). The van der Waals surface area contributed by atoms with Crippen LogP contribution >= 0.6 is 0 Å². The van der Waals surface area contributed by atoms with Crippen molar-refractivity contribution in [3.8, 4) is 0 Å². The van der Waals surface area contributed by atoms with Crippen LogP contribution in [-0.2, 0) is 0 Å². The van der Waals surface area contributed by atoms with E-state index >= 15 is 0 Å². The lowest BCUT2D eigenvalue weighted by molar-refractivity contribution is 0.295. The summed E-state index contributed by atoms with van der Waals surface area (Å²) in [6, 6.07) is 0. The molecule has 0 heterocycles. The Morgan fingerprint density at radius 3 is 2.29 bits per heavy atom. The molecule has 0 aliphatic heterocycles. The second-order valence-electron chi connectivity index (χ2n) is 6.43. The Labute approximate surface area is 110 Å². The first kappa shape index (κ1) is 16.7. The van der Waals surface area contributed by atoms with Crippen LogP contribution in [0.3, 0.4) is 0 Å². The van der Waals surface area contributed by atoms with Crippen LogP contribution in [0.5, 0.6) is 0 Å². The normalized spacial score (nSPS) is 15.1. The van der Waals surface area contributed by atoms with E-state index in [1.54, 1.807) is 5.57 Å². The van der Waals surface area contributed by atoms with Gasteiger partial charge in [0.25, 0.3) is 0 Å². The van der Waals surface area contributed by atoms with Crippen LogP contribution in [0, 0.1) is 11.3 Å². The van der Waals surface area contributed by atoms with Crippen molar-refractivity contribution in [2.45, 2.75) is 86.5 Å². The maximum Gasteiger partial charge on any atom is -0.0295 e. The monoisotopic (exact) mass is 238 g/mol. The Kier molecular flexibility index (Phi) is 8.64. The van der Waals surface area contributed by atoms with Crippen molar-refractivity contribution in [2.75, 3.05) is 0 Å². The summed E-state index contributed by atoms with van der Waals surface area (Å²) in [5.41, 5.74) is 2.22. The molecule has 0 aliphatic rings. The Balaban J connectivity index is 3.93. The standard InChI is InChI=1S/C17H34/c1-7-12-17(5,6)13-10-11-16(9-3)14-15(4)8-2/h9,15H,7-8,10-14H2,1-6H3. The van der Waals surface area contributed by atoms with E-state index in [4.69, 9.17) is 0 Å². The molecule has 0 bridgehead atoms. The first-order valence-corrected chi connectivity index (χ1v) is 7.59. The molecule has 0 saturated carbocycles. The van der Waals surface area contributed by atoms with Gasteiger partial charge in [0.05, 0.1) is 0 Å². The van der Waals surface area contributed by atoms with Crippen LogP contribution in [-0.4, -0.2) is 0 Å². The maximum absolute atomic E-state index is 2.42. The average molecular weight is 238 g/mol. The van der Waals surface area contributed by atoms with E-state index in [9.17, 15) is 0 Å². The van der Waals surface area contributed by atoms with Crippen molar-refractivity contribution in [1.29, 1.82) is 0 Å². The van der Waals surface area contributed by atoms with Gasteiger partial charge in [0.1, 0.15) is 0 Å². The summed E-state index contributed by atoms with van der Waals surface area (Å²) in [5, 5.41) is 0. The minimum atomic E-state index is 0.546. The molecule has 17 heavy (non-hydrogen) atoms. The van der Waals surface area contributed by atoms with Crippen molar-refractivity contribution in [1.82, 2.24) is 0 Å². The molecule has 0 aromatic rings. The Hall–Kier alpha value is -0.260. The number of rotatable bonds is 9. The summed E-state index contributed by atoms with van der Waals surface area (Å²) in [4.78, 5) is 0. The first-order chi connectivity index (χ1) is 7.95. The zero-order valence-electron chi connectivity index (χ0n) is 13.1. The van der Waals surface area contributed by atoms with Crippen molar-refractivity contribution in [3.63, 3.8) is 0 Å².